The van der Waals surface area contributed by atoms with Gasteiger partial charge in [-0.15, -0.1) is 4.91 Å². The zero-order chi connectivity index (χ0) is 5.54. The molecule has 44 valence electrons. The van der Waals surface area contributed by atoms with Crippen molar-refractivity contribution in [2.75, 3.05) is 6.61 Å². The van der Waals surface area contributed by atoms with Crippen LogP contribution in [0, 0.1) is 4.91 Å². The molecule has 0 aliphatic heterocycles. The Morgan fingerprint density at radius 2 is 2.25 bits per heavy atom. The minimum absolute atomic E-state index is 0. The van der Waals surface area contributed by atoms with E-state index in [2.05, 4.69) is 10.2 Å². The summed E-state index contributed by atoms with van der Waals surface area (Å²) in [6.45, 7) is 2.48. The van der Waals surface area contributed by atoms with Crippen molar-refractivity contribution in [2.45, 2.75) is 19.8 Å². The summed E-state index contributed by atoms with van der Waals surface area (Å²) in [6.07, 6.45) is 1.95. The van der Waals surface area contributed by atoms with Gasteiger partial charge in [-0.2, -0.15) is 0 Å². The second-order valence-electron chi connectivity index (χ2n) is 1.26. The van der Waals surface area contributed by atoms with Crippen LogP contribution in [0.2, 0.25) is 0 Å². The molecule has 0 radical (unpaired) electrons. The molecule has 4 heteroatoms. The predicted molar refractivity (Wildman–Crippen MR) is 33.8 cm³/mol. The van der Waals surface area contributed by atoms with E-state index in [1.54, 1.807) is 0 Å². The van der Waals surface area contributed by atoms with Crippen LogP contribution >= 0.6 is 0 Å². The van der Waals surface area contributed by atoms with Crippen molar-refractivity contribution >= 4 is 29.6 Å². The van der Waals surface area contributed by atoms with E-state index in [1.165, 1.54) is 0 Å². The molecule has 0 aromatic carbocycles. The molecule has 0 aromatic heterocycles. The third-order valence-electron chi connectivity index (χ3n) is 0.642. The van der Waals surface area contributed by atoms with E-state index in [0.29, 0.717) is 6.61 Å². The van der Waals surface area contributed by atoms with E-state index in [0.717, 1.165) is 12.8 Å². The predicted octanol–water partition coefficient (Wildman–Crippen LogP) is 0.836. The van der Waals surface area contributed by atoms with Gasteiger partial charge in [-0.3, -0.25) is 0 Å². The molecule has 3 nitrogen and oxygen atoms in total. The fourth-order valence-electron chi connectivity index (χ4n) is 0.246. The Morgan fingerprint density at radius 3 is 2.62 bits per heavy atom. The molecule has 0 aromatic rings. The Labute approximate surface area is 71.0 Å². The molecule has 0 N–H and O–H groups in total. The molecular weight excluding hydrogens is 117 g/mol. The first-order valence-electron chi connectivity index (χ1n) is 2.36. The van der Waals surface area contributed by atoms with Crippen LogP contribution in [0.3, 0.4) is 0 Å². The van der Waals surface area contributed by atoms with Crippen molar-refractivity contribution in [1.82, 2.24) is 0 Å². The van der Waals surface area contributed by atoms with Crippen LogP contribution in [0.5, 0.6) is 0 Å². The fraction of sp³-hybridized carbons (Fsp3) is 1.00. The van der Waals surface area contributed by atoms with Gasteiger partial charge < -0.3 is 4.84 Å². The molecule has 0 saturated carbocycles. The van der Waals surface area contributed by atoms with E-state index in [1.807, 2.05) is 6.92 Å². The van der Waals surface area contributed by atoms with Crippen molar-refractivity contribution in [1.29, 1.82) is 0 Å². The molecule has 0 amide bonds. The Bertz CT molecular complexity index is 51.3. The SMILES string of the molecule is CCCCON=O.[NaH]. The first-order chi connectivity index (χ1) is 3.41. The van der Waals surface area contributed by atoms with Gasteiger partial charge in [0.15, 0.2) is 5.34 Å². The van der Waals surface area contributed by atoms with E-state index < -0.39 is 0 Å². The van der Waals surface area contributed by atoms with Crippen LogP contribution in [-0.2, 0) is 4.84 Å². The van der Waals surface area contributed by atoms with Gasteiger partial charge in [-0.1, -0.05) is 13.3 Å². The van der Waals surface area contributed by atoms with Crippen molar-refractivity contribution in [3.63, 3.8) is 0 Å². The molecule has 0 spiro atoms. The summed E-state index contributed by atoms with van der Waals surface area (Å²) in [7, 11) is 0. The number of nitrogens with zero attached hydrogens (tertiary/aromatic N) is 1. The number of hydrogen-bond donors (Lipinski definition) is 0. The van der Waals surface area contributed by atoms with Gasteiger partial charge in [0.25, 0.3) is 0 Å². The van der Waals surface area contributed by atoms with Crippen molar-refractivity contribution in [3.05, 3.63) is 4.91 Å². The summed E-state index contributed by atoms with van der Waals surface area (Å²) in [4.78, 5) is 13.4. The Hall–Kier alpha value is 0.400. The van der Waals surface area contributed by atoms with Gasteiger partial charge in [0.2, 0.25) is 0 Å². The minimum atomic E-state index is 0. The Balaban J connectivity index is 0. The average Bonchev–Trinajstić information content (AvgIpc) is 1.69. The third-order valence-corrected chi connectivity index (χ3v) is 0.642. The summed E-state index contributed by atoms with van der Waals surface area (Å²) in [6, 6.07) is 0. The van der Waals surface area contributed by atoms with Crippen LogP contribution in [0.4, 0.5) is 0 Å². The molecule has 0 unspecified atom stereocenters. The molecule has 8 heavy (non-hydrogen) atoms. The van der Waals surface area contributed by atoms with Crippen LogP contribution in [0.15, 0.2) is 5.34 Å². The Kier molecular flexibility index (Phi) is 14.6. The van der Waals surface area contributed by atoms with Crippen LogP contribution in [0.1, 0.15) is 19.8 Å². The summed E-state index contributed by atoms with van der Waals surface area (Å²) < 4.78 is 0. The van der Waals surface area contributed by atoms with E-state index in [-0.39, 0.29) is 29.6 Å². The maximum atomic E-state index is 9.21. The second-order valence-corrected chi connectivity index (χ2v) is 1.26. The van der Waals surface area contributed by atoms with Gasteiger partial charge in [0.1, 0.15) is 6.61 Å². The topological polar surface area (TPSA) is 38.7 Å². The van der Waals surface area contributed by atoms with E-state index in [9.17, 15) is 4.91 Å². The number of unbranched alkanes of at least 4 members (excludes halogenated alkanes) is 1. The first-order valence-corrected chi connectivity index (χ1v) is 2.36. The van der Waals surface area contributed by atoms with Crippen LogP contribution in [-0.4, -0.2) is 36.2 Å². The summed E-state index contributed by atoms with van der Waals surface area (Å²) in [5.74, 6) is 0. The van der Waals surface area contributed by atoms with Gasteiger partial charge in [0, 0.05) is 0 Å². The van der Waals surface area contributed by atoms with Crippen LogP contribution < -0.4 is 0 Å². The summed E-state index contributed by atoms with van der Waals surface area (Å²) in [5, 5.41) is 2.22. The molecule has 0 atom stereocenters. The van der Waals surface area contributed by atoms with Crippen molar-refractivity contribution in [3.8, 4) is 0 Å². The van der Waals surface area contributed by atoms with E-state index >= 15 is 0 Å². The van der Waals surface area contributed by atoms with Gasteiger partial charge in [-0.05, 0) is 6.42 Å². The summed E-state index contributed by atoms with van der Waals surface area (Å²) in [5.41, 5.74) is 0. The normalized spacial score (nSPS) is 7.12. The average molecular weight is 127 g/mol. The first kappa shape index (κ1) is 11.2. The molecule has 0 bridgehead atoms. The van der Waals surface area contributed by atoms with Gasteiger partial charge in [0.05, 0.1) is 0 Å². The maximum absolute atomic E-state index is 9.21. The molecule has 0 heterocycles. The van der Waals surface area contributed by atoms with Gasteiger partial charge in [-0.25, -0.2) is 0 Å². The third kappa shape index (κ3) is 9.64. The monoisotopic (exact) mass is 127 g/mol. The zero-order valence-corrected chi connectivity index (χ0v) is 4.39. The Morgan fingerprint density at radius 1 is 1.62 bits per heavy atom. The quantitative estimate of drug-likeness (QED) is 0.243. The molecule has 0 aliphatic rings. The summed E-state index contributed by atoms with van der Waals surface area (Å²) >= 11 is 0. The second kappa shape index (κ2) is 10.4. The van der Waals surface area contributed by atoms with Gasteiger partial charge >= 0.3 is 29.6 Å². The zero-order valence-electron chi connectivity index (χ0n) is 4.39. The number of hydrogen-bond acceptors (Lipinski definition) is 3. The molecule has 0 aliphatic carbocycles. The van der Waals surface area contributed by atoms with Crippen molar-refractivity contribution in [2.24, 2.45) is 5.34 Å². The molecule has 0 rings (SSSR count). The van der Waals surface area contributed by atoms with E-state index in [4.69, 9.17) is 0 Å². The van der Waals surface area contributed by atoms with Crippen LogP contribution in [0.25, 0.3) is 0 Å². The number of rotatable bonds is 4. The molecular formula is C4H10NNaO2. The standard InChI is InChI=1S/C4H9NO2.Na.H/c1-2-3-4-7-5-6;;/h2-4H2,1H3;;. The fourth-order valence-corrected chi connectivity index (χ4v) is 0.246. The molecule has 0 fully saturated rings. The van der Waals surface area contributed by atoms with Crippen molar-refractivity contribution < 1.29 is 4.84 Å². The molecule has 0 saturated heterocycles.